The molecule has 0 N–H and O–H groups in total. The van der Waals surface area contributed by atoms with Gasteiger partial charge in [0.1, 0.15) is 5.56 Å². The number of ether oxygens (including phenoxy) is 2. The molecule has 0 fully saturated rings. The van der Waals surface area contributed by atoms with E-state index in [1.165, 1.54) is 0 Å². The van der Waals surface area contributed by atoms with Gasteiger partial charge in [0.25, 0.3) is 0 Å². The van der Waals surface area contributed by atoms with Crippen molar-refractivity contribution in [3.05, 3.63) is 6.20 Å². The maximum absolute atomic E-state index is 5.32. The maximum Gasteiger partial charge on any atom is 0.243 e. The van der Waals surface area contributed by atoms with Crippen LogP contribution in [0.1, 0.15) is 13.3 Å². The molecule has 7 nitrogen and oxygen atoms in total. The molecule has 2 aromatic heterocycles. The zero-order chi connectivity index (χ0) is 15.2. The summed E-state index contributed by atoms with van der Waals surface area (Å²) in [6, 6.07) is 0. The summed E-state index contributed by atoms with van der Waals surface area (Å²) < 4.78 is 14.3. The fraction of sp³-hybridized carbons (Fsp3) is 0.615. The first-order chi connectivity index (χ1) is 10.2. The van der Waals surface area contributed by atoms with Crippen molar-refractivity contribution in [2.75, 3.05) is 26.6 Å². The topological polar surface area (TPSA) is 67.0 Å². The predicted molar refractivity (Wildman–Crippen MR) is 81.7 cm³/mol. The van der Waals surface area contributed by atoms with Crippen LogP contribution in [0.4, 0.5) is 0 Å². The van der Waals surface area contributed by atoms with Gasteiger partial charge < -0.3 is 9.47 Å². The Morgan fingerprint density at radius 3 is 2.76 bits per heavy atom. The van der Waals surface area contributed by atoms with Crippen LogP contribution in [0, 0.1) is 0 Å². The third kappa shape index (κ3) is 3.56. The van der Waals surface area contributed by atoms with Crippen LogP contribution in [0.5, 0.6) is 5.88 Å². The Bertz CT molecular complexity index is 581. The summed E-state index contributed by atoms with van der Waals surface area (Å²) in [4.78, 5) is 0. The molecule has 0 radical (unpaired) electrons. The summed E-state index contributed by atoms with van der Waals surface area (Å²) in [6.07, 6.45) is 2.98. The van der Waals surface area contributed by atoms with Crippen LogP contribution in [0.25, 0.3) is 11.4 Å². The van der Waals surface area contributed by atoms with E-state index in [0.29, 0.717) is 19.0 Å². The van der Waals surface area contributed by atoms with Crippen molar-refractivity contribution in [3.8, 4) is 17.3 Å². The minimum absolute atomic E-state index is 0.551. The number of nitrogens with zero attached hydrogens (tertiary/aromatic N) is 5. The number of aromatic nitrogens is 5. The lowest BCUT2D eigenvalue weighted by Crippen LogP contribution is -2.07. The van der Waals surface area contributed by atoms with Crippen molar-refractivity contribution in [2.24, 2.45) is 7.05 Å². The molecule has 0 unspecified atom stereocenters. The van der Waals surface area contributed by atoms with Crippen molar-refractivity contribution >= 4 is 11.8 Å². The zero-order valence-corrected chi connectivity index (χ0v) is 13.7. The molecule has 2 rings (SSSR count). The van der Waals surface area contributed by atoms with Crippen LogP contribution in [-0.4, -0.2) is 51.1 Å². The van der Waals surface area contributed by atoms with Crippen LogP contribution >= 0.6 is 11.8 Å². The first-order valence-electron chi connectivity index (χ1n) is 6.84. The highest BCUT2D eigenvalue weighted by atomic mass is 32.2. The Morgan fingerprint density at radius 2 is 2.10 bits per heavy atom. The molecule has 0 bridgehead atoms. The SMILES string of the molecule is CCCSc1nnc(-c2cn(C)nc2OC)n1CCOC. The number of methoxy groups -OCH3 is 2. The summed E-state index contributed by atoms with van der Waals surface area (Å²) in [7, 11) is 5.15. The van der Waals surface area contributed by atoms with E-state index in [1.54, 1.807) is 30.7 Å². The third-order valence-corrected chi connectivity index (χ3v) is 4.07. The van der Waals surface area contributed by atoms with E-state index >= 15 is 0 Å². The Kier molecular flexibility index (Phi) is 5.63. The summed E-state index contributed by atoms with van der Waals surface area (Å²) in [5.74, 6) is 2.32. The van der Waals surface area contributed by atoms with E-state index in [2.05, 4.69) is 26.8 Å². The van der Waals surface area contributed by atoms with E-state index in [9.17, 15) is 0 Å². The van der Waals surface area contributed by atoms with E-state index < -0.39 is 0 Å². The van der Waals surface area contributed by atoms with Crippen LogP contribution < -0.4 is 4.74 Å². The number of hydrogen-bond donors (Lipinski definition) is 0. The number of hydrogen-bond acceptors (Lipinski definition) is 6. The molecule has 0 aromatic carbocycles. The van der Waals surface area contributed by atoms with Crippen LogP contribution in [0.3, 0.4) is 0 Å². The summed E-state index contributed by atoms with van der Waals surface area (Å²) in [5, 5.41) is 13.8. The van der Waals surface area contributed by atoms with Crippen LogP contribution in [0.15, 0.2) is 11.4 Å². The van der Waals surface area contributed by atoms with E-state index in [-0.39, 0.29) is 0 Å². The van der Waals surface area contributed by atoms with Crippen molar-refractivity contribution in [3.63, 3.8) is 0 Å². The number of thioether (sulfide) groups is 1. The largest absolute Gasteiger partial charge is 0.479 e. The van der Waals surface area contributed by atoms with Crippen LogP contribution in [-0.2, 0) is 18.3 Å². The Labute approximate surface area is 128 Å². The monoisotopic (exact) mass is 311 g/mol. The highest BCUT2D eigenvalue weighted by Crippen LogP contribution is 2.30. The van der Waals surface area contributed by atoms with Crippen molar-refractivity contribution in [1.82, 2.24) is 24.5 Å². The fourth-order valence-corrected chi connectivity index (χ4v) is 2.76. The minimum Gasteiger partial charge on any atom is -0.479 e. The van der Waals surface area contributed by atoms with Gasteiger partial charge in [-0.3, -0.25) is 9.25 Å². The van der Waals surface area contributed by atoms with Gasteiger partial charge in [-0.2, -0.15) is 0 Å². The summed E-state index contributed by atoms with van der Waals surface area (Å²) >= 11 is 1.70. The fourth-order valence-electron chi connectivity index (χ4n) is 1.94. The molecule has 0 atom stereocenters. The first kappa shape index (κ1) is 15.8. The van der Waals surface area contributed by atoms with Gasteiger partial charge in [-0.1, -0.05) is 18.7 Å². The lowest BCUT2D eigenvalue weighted by atomic mass is 10.3. The molecule has 2 heterocycles. The van der Waals surface area contributed by atoms with E-state index in [4.69, 9.17) is 9.47 Å². The summed E-state index contributed by atoms with van der Waals surface area (Å²) in [6.45, 7) is 3.45. The van der Waals surface area contributed by atoms with Crippen molar-refractivity contribution in [1.29, 1.82) is 0 Å². The van der Waals surface area contributed by atoms with Crippen LogP contribution in [0.2, 0.25) is 0 Å². The predicted octanol–water partition coefficient (Wildman–Crippen LogP) is 1.84. The molecule has 0 amide bonds. The first-order valence-corrected chi connectivity index (χ1v) is 7.82. The molecule has 0 saturated heterocycles. The Morgan fingerprint density at radius 1 is 1.29 bits per heavy atom. The van der Waals surface area contributed by atoms with Gasteiger partial charge in [0.05, 0.1) is 20.3 Å². The highest BCUT2D eigenvalue weighted by Gasteiger charge is 2.19. The number of aryl methyl sites for hydroxylation is 1. The highest BCUT2D eigenvalue weighted by molar-refractivity contribution is 7.99. The van der Waals surface area contributed by atoms with E-state index in [1.807, 2.05) is 13.2 Å². The number of rotatable bonds is 8. The second-order valence-electron chi connectivity index (χ2n) is 4.52. The zero-order valence-electron chi connectivity index (χ0n) is 12.9. The molecule has 8 heteroatoms. The third-order valence-electron chi connectivity index (χ3n) is 2.90. The van der Waals surface area contributed by atoms with Gasteiger partial charge in [0.15, 0.2) is 11.0 Å². The van der Waals surface area contributed by atoms with Crippen molar-refractivity contribution < 1.29 is 9.47 Å². The molecule has 0 spiro atoms. The molecular formula is C13H21N5O2S. The smallest absolute Gasteiger partial charge is 0.243 e. The quantitative estimate of drug-likeness (QED) is 0.693. The average Bonchev–Trinajstić information content (AvgIpc) is 3.05. The lowest BCUT2D eigenvalue weighted by molar-refractivity contribution is 0.185. The van der Waals surface area contributed by atoms with Gasteiger partial charge in [-0.05, 0) is 6.42 Å². The minimum atomic E-state index is 0.551. The van der Waals surface area contributed by atoms with Gasteiger partial charge in [0.2, 0.25) is 5.88 Å². The maximum atomic E-state index is 5.32. The molecule has 0 saturated carbocycles. The van der Waals surface area contributed by atoms with E-state index in [0.717, 1.165) is 28.7 Å². The molecule has 0 aliphatic heterocycles. The normalized spacial score (nSPS) is 11.0. The Hall–Kier alpha value is -1.54. The molecular weight excluding hydrogens is 290 g/mol. The standard InChI is InChI=1S/C13H21N5O2S/c1-5-8-21-13-15-14-11(18(13)6-7-19-3)10-9-17(2)16-12(10)20-4/h9H,5-8H2,1-4H3. The van der Waals surface area contributed by atoms with Gasteiger partial charge >= 0.3 is 0 Å². The molecule has 21 heavy (non-hydrogen) atoms. The van der Waals surface area contributed by atoms with Gasteiger partial charge in [-0.25, -0.2) is 0 Å². The lowest BCUT2D eigenvalue weighted by Gasteiger charge is -2.08. The molecule has 0 aliphatic carbocycles. The second-order valence-corrected chi connectivity index (χ2v) is 5.59. The average molecular weight is 311 g/mol. The van der Waals surface area contributed by atoms with Crippen molar-refractivity contribution in [2.45, 2.75) is 25.0 Å². The molecule has 2 aromatic rings. The van der Waals surface area contributed by atoms with Gasteiger partial charge in [0, 0.05) is 26.1 Å². The van der Waals surface area contributed by atoms with Gasteiger partial charge in [-0.15, -0.1) is 15.3 Å². The molecule has 0 aliphatic rings. The molecule has 116 valence electrons. The Balaban J connectivity index is 2.39. The summed E-state index contributed by atoms with van der Waals surface area (Å²) in [5.41, 5.74) is 0.840. The second kappa shape index (κ2) is 7.46.